The number of rotatable bonds is 5. The van der Waals surface area contributed by atoms with Gasteiger partial charge in [-0.15, -0.1) is 0 Å². The minimum Gasteiger partial charge on any atom is -0.378 e. The monoisotopic (exact) mass is 565 g/mol. The molecule has 5 atom stereocenters. The number of likely N-dealkylation sites (tertiary alicyclic amines) is 1. The molecule has 11 nitrogen and oxygen atoms in total. The van der Waals surface area contributed by atoms with Gasteiger partial charge in [-0.1, -0.05) is 11.6 Å². The molecule has 1 N–H and O–H groups in total. The van der Waals surface area contributed by atoms with Crippen LogP contribution in [-0.4, -0.2) is 110 Å². The van der Waals surface area contributed by atoms with E-state index < -0.39 is 24.0 Å². The third-order valence-electron chi connectivity index (χ3n) is 8.31. The molecule has 0 saturated carbocycles. The predicted octanol–water partition coefficient (Wildman–Crippen LogP) is 2.76. The molecule has 1 spiro atoms. The summed E-state index contributed by atoms with van der Waals surface area (Å²) in [6, 6.07) is 1.91. The number of piperidine rings is 1. The molecule has 216 valence electrons. The van der Waals surface area contributed by atoms with Gasteiger partial charge >= 0.3 is 0 Å². The van der Waals surface area contributed by atoms with Gasteiger partial charge in [-0.3, -0.25) is 9.80 Å². The largest absolute Gasteiger partial charge is 0.378 e. The van der Waals surface area contributed by atoms with Crippen LogP contribution >= 0.6 is 11.6 Å². The van der Waals surface area contributed by atoms with Crippen molar-refractivity contribution < 1.29 is 28.8 Å². The molecule has 1 unspecified atom stereocenters. The Morgan fingerprint density at radius 1 is 1.15 bits per heavy atom. The summed E-state index contributed by atoms with van der Waals surface area (Å²) in [5.41, 5.74) is 0.156. The Morgan fingerprint density at radius 3 is 2.64 bits per heavy atom. The van der Waals surface area contributed by atoms with Crippen molar-refractivity contribution in [1.82, 2.24) is 24.3 Å². The highest BCUT2D eigenvalue weighted by Crippen LogP contribution is 2.45. The second kappa shape index (κ2) is 10.1. The lowest BCUT2D eigenvalue weighted by molar-refractivity contribution is -0.250. The van der Waals surface area contributed by atoms with E-state index >= 15 is 0 Å². The van der Waals surface area contributed by atoms with E-state index in [0.717, 1.165) is 37.9 Å². The number of aromatic nitrogens is 3. The quantitative estimate of drug-likeness (QED) is 0.430. The summed E-state index contributed by atoms with van der Waals surface area (Å²) in [5, 5.41) is 11.8. The maximum atomic E-state index is 10.6. The van der Waals surface area contributed by atoms with E-state index in [4.69, 9.17) is 35.3 Å². The fourth-order valence-corrected chi connectivity index (χ4v) is 6.65. The molecular weight excluding hydrogens is 526 g/mol. The number of fused-ring (bicyclic) bond motifs is 2. The second-order valence-corrected chi connectivity index (χ2v) is 12.9. The van der Waals surface area contributed by atoms with Crippen LogP contribution in [0.4, 0.5) is 0 Å². The summed E-state index contributed by atoms with van der Waals surface area (Å²) in [6.07, 6.45) is 3.06. The van der Waals surface area contributed by atoms with Crippen molar-refractivity contribution in [3.8, 4) is 0 Å². The summed E-state index contributed by atoms with van der Waals surface area (Å²) < 4.78 is 33.3. The highest BCUT2D eigenvalue weighted by Gasteiger charge is 2.57. The van der Waals surface area contributed by atoms with Gasteiger partial charge in [0, 0.05) is 37.9 Å². The molecule has 0 bridgehead atoms. The Morgan fingerprint density at radius 2 is 1.90 bits per heavy atom. The number of aliphatic hydroxyl groups is 1. The van der Waals surface area contributed by atoms with Gasteiger partial charge in [0.25, 0.3) is 0 Å². The van der Waals surface area contributed by atoms with Gasteiger partial charge in [0.1, 0.15) is 35.4 Å². The number of aliphatic hydroxyl groups excluding tert-OH is 1. The highest BCUT2D eigenvalue weighted by molar-refractivity contribution is 6.33. The molecule has 0 amide bonds. The Hall–Kier alpha value is -1.41. The van der Waals surface area contributed by atoms with Crippen LogP contribution in [-0.2, 0) is 23.7 Å². The van der Waals surface area contributed by atoms with Crippen LogP contribution in [0.2, 0.25) is 5.15 Å². The number of morpholine rings is 1. The van der Waals surface area contributed by atoms with E-state index in [1.54, 1.807) is 0 Å². The van der Waals surface area contributed by atoms with Crippen molar-refractivity contribution in [2.75, 3.05) is 39.4 Å². The number of ether oxygens (including phenoxy) is 5. The van der Waals surface area contributed by atoms with Gasteiger partial charge in [-0.25, -0.2) is 9.97 Å². The number of hydrogen-bond donors (Lipinski definition) is 1. The molecule has 4 fully saturated rings. The van der Waals surface area contributed by atoms with E-state index in [0.29, 0.717) is 30.6 Å². The number of nitrogens with zero attached hydrogens (tertiary/aromatic N) is 5. The summed E-state index contributed by atoms with van der Waals surface area (Å²) in [4.78, 5) is 13.1. The van der Waals surface area contributed by atoms with Crippen LogP contribution in [0.1, 0.15) is 53.7 Å². The van der Waals surface area contributed by atoms with Crippen LogP contribution in [0.3, 0.4) is 0 Å². The van der Waals surface area contributed by atoms with Gasteiger partial charge < -0.3 is 33.4 Å². The average Bonchev–Trinajstić information content (AvgIpc) is 3.52. The molecule has 4 saturated heterocycles. The van der Waals surface area contributed by atoms with E-state index in [1.165, 1.54) is 6.33 Å². The van der Waals surface area contributed by atoms with E-state index in [1.807, 2.05) is 56.3 Å². The average molecular weight is 566 g/mol. The zero-order chi connectivity index (χ0) is 27.6. The molecule has 0 aliphatic carbocycles. The lowest BCUT2D eigenvalue weighted by atomic mass is 9.85. The summed E-state index contributed by atoms with van der Waals surface area (Å²) >= 11 is 6.33. The fourth-order valence-electron chi connectivity index (χ4n) is 6.46. The summed E-state index contributed by atoms with van der Waals surface area (Å²) in [6.45, 7) is 14.0. The van der Waals surface area contributed by atoms with E-state index in [9.17, 15) is 5.11 Å². The van der Waals surface area contributed by atoms with Crippen LogP contribution in [0, 0.1) is 0 Å². The Balaban J connectivity index is 1.20. The van der Waals surface area contributed by atoms with Gasteiger partial charge in [0.2, 0.25) is 6.41 Å². The topological polar surface area (TPSA) is 104 Å². The third-order valence-corrected chi connectivity index (χ3v) is 8.61. The van der Waals surface area contributed by atoms with Crippen LogP contribution in [0.25, 0.3) is 11.0 Å². The fraction of sp³-hybridized carbons (Fsp3) is 0.778. The van der Waals surface area contributed by atoms with Crippen molar-refractivity contribution >= 4 is 22.6 Å². The van der Waals surface area contributed by atoms with E-state index in [-0.39, 0.29) is 23.9 Å². The van der Waals surface area contributed by atoms with Crippen molar-refractivity contribution in [1.29, 1.82) is 0 Å². The molecule has 12 heteroatoms. The Bertz CT molecular complexity index is 1180. The first-order valence-corrected chi connectivity index (χ1v) is 14.2. The molecule has 0 radical (unpaired) electrons. The standard InChI is InChI=1S/C27H40ClN5O6/c1-25(2,3)39-24(34)31-10-7-27(8-11-31)15-35-13-12-32(27)14-18-19-20(38-26(4,5)37-19)23(36-18)33-9-6-17-21(28)29-16-30-22(17)33/h6,9,16,18-20,23-24,34H,7-8,10-15H2,1-5H3/t18-,19-,20-,23-,24?/m1/s1. The smallest absolute Gasteiger partial charge is 0.216 e. The number of hydrogen-bond acceptors (Lipinski definition) is 10. The highest BCUT2D eigenvalue weighted by atomic mass is 35.5. The summed E-state index contributed by atoms with van der Waals surface area (Å²) in [7, 11) is 0. The van der Waals surface area contributed by atoms with Gasteiger partial charge in [-0.2, -0.15) is 0 Å². The summed E-state index contributed by atoms with van der Waals surface area (Å²) in [5.74, 6) is -0.720. The third kappa shape index (κ3) is 5.33. The SMILES string of the molecule is CC(C)(C)OC(O)N1CCC2(CC1)COCCN2C[C@H]1O[C@@H](n2ccc3c(Cl)ncnc32)[C@@H]2OC(C)(C)O[C@@H]21. The zero-order valence-corrected chi connectivity index (χ0v) is 24.1. The second-order valence-electron chi connectivity index (χ2n) is 12.6. The lowest BCUT2D eigenvalue weighted by Crippen LogP contribution is -2.64. The molecule has 0 aromatic carbocycles. The zero-order valence-electron chi connectivity index (χ0n) is 23.4. The van der Waals surface area contributed by atoms with Crippen molar-refractivity contribution in [3.63, 3.8) is 0 Å². The van der Waals surface area contributed by atoms with Crippen molar-refractivity contribution in [3.05, 3.63) is 23.7 Å². The first kappa shape index (κ1) is 27.7. The van der Waals surface area contributed by atoms with Gasteiger partial charge in [0.05, 0.1) is 24.2 Å². The minimum absolute atomic E-state index is 0.136. The predicted molar refractivity (Wildman–Crippen MR) is 143 cm³/mol. The molecule has 2 aromatic heterocycles. The van der Waals surface area contributed by atoms with Crippen LogP contribution in [0.15, 0.2) is 18.6 Å². The molecule has 6 rings (SSSR count). The lowest BCUT2D eigenvalue weighted by Gasteiger charge is -2.52. The molecule has 6 heterocycles. The van der Waals surface area contributed by atoms with Crippen LogP contribution in [0.5, 0.6) is 0 Å². The van der Waals surface area contributed by atoms with Gasteiger partial charge in [0.15, 0.2) is 12.0 Å². The molecule has 4 aliphatic rings. The van der Waals surface area contributed by atoms with Crippen LogP contribution < -0.4 is 0 Å². The maximum absolute atomic E-state index is 10.6. The number of halogens is 1. The maximum Gasteiger partial charge on any atom is 0.216 e. The first-order valence-electron chi connectivity index (χ1n) is 13.9. The Labute approximate surface area is 234 Å². The molecular formula is C27H40ClN5O6. The molecule has 4 aliphatic heterocycles. The minimum atomic E-state index is -0.917. The van der Waals surface area contributed by atoms with Crippen molar-refractivity contribution in [2.24, 2.45) is 0 Å². The van der Waals surface area contributed by atoms with E-state index in [2.05, 4.69) is 14.9 Å². The van der Waals surface area contributed by atoms with Crippen molar-refractivity contribution in [2.45, 2.75) is 95.3 Å². The normalized spacial score (nSPS) is 32.2. The van der Waals surface area contributed by atoms with Gasteiger partial charge in [-0.05, 0) is 53.5 Å². The molecule has 2 aromatic rings. The Kier molecular flexibility index (Phi) is 7.22. The molecule has 39 heavy (non-hydrogen) atoms. The first-order chi connectivity index (χ1) is 18.4.